The lowest BCUT2D eigenvalue weighted by Crippen LogP contribution is -2.39. The summed E-state index contributed by atoms with van der Waals surface area (Å²) >= 11 is 0. The number of likely N-dealkylation sites (tertiary alicyclic amines) is 1. The normalized spacial score (nSPS) is 18.8. The van der Waals surface area contributed by atoms with Crippen LogP contribution in [0.4, 0.5) is 4.39 Å². The molecule has 1 aliphatic heterocycles. The molecule has 0 saturated carbocycles. The number of aromatic nitrogens is 2. The highest BCUT2D eigenvalue weighted by Gasteiger charge is 2.24. The van der Waals surface area contributed by atoms with Gasteiger partial charge in [-0.2, -0.15) is 0 Å². The van der Waals surface area contributed by atoms with E-state index in [-0.39, 0.29) is 12.5 Å². The first-order valence-electron chi connectivity index (χ1n) is 9.07. The monoisotopic (exact) mass is 355 g/mol. The molecule has 0 unspecified atom stereocenters. The first kappa shape index (κ1) is 17.0. The second-order valence-corrected chi connectivity index (χ2v) is 6.92. The Bertz CT molecular complexity index is 892. The Kier molecular flexibility index (Phi) is 4.59. The van der Waals surface area contributed by atoms with Crippen molar-refractivity contribution in [3.05, 3.63) is 47.8 Å². The van der Waals surface area contributed by atoms with Crippen molar-refractivity contribution in [1.82, 2.24) is 14.5 Å². The fourth-order valence-electron chi connectivity index (χ4n) is 3.62. The molecule has 0 atom stereocenters. The summed E-state index contributed by atoms with van der Waals surface area (Å²) in [4.78, 5) is 18.9. The molecule has 3 heterocycles. The molecule has 2 aromatic rings. The van der Waals surface area contributed by atoms with Crippen molar-refractivity contribution in [1.29, 1.82) is 0 Å². The summed E-state index contributed by atoms with van der Waals surface area (Å²) in [6.45, 7) is 0.986. The number of carbonyl (C=O) groups is 1. The highest BCUT2D eigenvalue weighted by molar-refractivity contribution is 5.97. The van der Waals surface area contributed by atoms with Gasteiger partial charge in [-0.25, -0.2) is 9.37 Å². The van der Waals surface area contributed by atoms with E-state index in [9.17, 15) is 14.3 Å². The van der Waals surface area contributed by atoms with E-state index in [1.165, 1.54) is 0 Å². The molecular weight excluding hydrogens is 333 g/mol. The Morgan fingerprint density at radius 1 is 1.35 bits per heavy atom. The van der Waals surface area contributed by atoms with Gasteiger partial charge < -0.3 is 14.6 Å². The lowest BCUT2D eigenvalue weighted by atomic mass is 10.0. The van der Waals surface area contributed by atoms with Gasteiger partial charge in [-0.05, 0) is 49.5 Å². The number of carbonyl (C=O) groups excluding carboxylic acids is 1. The van der Waals surface area contributed by atoms with Gasteiger partial charge in [0.2, 0.25) is 0 Å². The van der Waals surface area contributed by atoms with Crippen LogP contribution in [0.3, 0.4) is 0 Å². The van der Waals surface area contributed by atoms with Gasteiger partial charge in [0.25, 0.3) is 5.91 Å². The lowest BCUT2D eigenvalue weighted by molar-refractivity contribution is 0.0667. The number of hydrogen-bond donors (Lipinski definition) is 1. The van der Waals surface area contributed by atoms with Crippen molar-refractivity contribution < 1.29 is 14.3 Å². The van der Waals surface area contributed by atoms with Gasteiger partial charge in [0.1, 0.15) is 11.8 Å². The lowest BCUT2D eigenvalue weighted by Gasteiger charge is -2.28. The molecule has 1 fully saturated rings. The fourth-order valence-corrected chi connectivity index (χ4v) is 3.62. The third-order valence-corrected chi connectivity index (χ3v) is 5.14. The second-order valence-electron chi connectivity index (χ2n) is 6.92. The van der Waals surface area contributed by atoms with Crippen LogP contribution < -0.4 is 0 Å². The Balaban J connectivity index is 1.61. The van der Waals surface area contributed by atoms with Gasteiger partial charge in [0.05, 0.1) is 12.2 Å². The van der Waals surface area contributed by atoms with E-state index in [1.54, 1.807) is 11.1 Å². The molecule has 1 amide bonds. The third kappa shape index (κ3) is 3.17. The largest absolute Gasteiger partial charge is 0.392 e. The maximum absolute atomic E-state index is 13.3. The minimum absolute atomic E-state index is 0.0677. The average Bonchev–Trinajstić information content (AvgIpc) is 3.11. The molecular formula is C20H22FN3O2. The van der Waals surface area contributed by atoms with Crippen molar-refractivity contribution in [2.45, 2.75) is 31.9 Å². The van der Waals surface area contributed by atoms with E-state index in [2.05, 4.69) is 11.1 Å². The van der Waals surface area contributed by atoms with Crippen LogP contribution in [0.2, 0.25) is 0 Å². The summed E-state index contributed by atoms with van der Waals surface area (Å²) in [5.74, 6) is -0.0848. The molecule has 2 aliphatic rings. The van der Waals surface area contributed by atoms with Gasteiger partial charge >= 0.3 is 0 Å². The van der Waals surface area contributed by atoms with Crippen LogP contribution in [-0.2, 0) is 0 Å². The van der Waals surface area contributed by atoms with Gasteiger partial charge in [0.15, 0.2) is 0 Å². The number of aliphatic hydroxyl groups is 1. The number of allylic oxidation sites excluding steroid dienone is 3. The van der Waals surface area contributed by atoms with E-state index < -0.39 is 6.17 Å². The number of pyridine rings is 1. The summed E-state index contributed by atoms with van der Waals surface area (Å²) in [6, 6.07) is 3.79. The van der Waals surface area contributed by atoms with E-state index in [1.807, 2.05) is 29.0 Å². The first-order chi connectivity index (χ1) is 12.7. The summed E-state index contributed by atoms with van der Waals surface area (Å²) < 4.78 is 15.3. The number of hydrogen-bond acceptors (Lipinski definition) is 3. The number of rotatable bonds is 3. The quantitative estimate of drug-likeness (QED) is 0.920. The number of fused-ring (bicyclic) bond motifs is 1. The van der Waals surface area contributed by atoms with E-state index in [4.69, 9.17) is 0 Å². The Hall–Kier alpha value is -2.47. The van der Waals surface area contributed by atoms with Crippen LogP contribution in [0.25, 0.3) is 16.7 Å². The zero-order chi connectivity index (χ0) is 18.1. The molecule has 1 aliphatic carbocycles. The molecule has 6 heteroatoms. The number of amides is 1. The maximum Gasteiger partial charge on any atom is 0.255 e. The number of aliphatic hydroxyl groups excluding tert-OH is 1. The minimum Gasteiger partial charge on any atom is -0.392 e. The molecule has 4 rings (SSSR count). The molecule has 136 valence electrons. The smallest absolute Gasteiger partial charge is 0.255 e. The van der Waals surface area contributed by atoms with Crippen molar-refractivity contribution in [2.75, 3.05) is 19.7 Å². The van der Waals surface area contributed by atoms with E-state index in [0.717, 1.165) is 35.1 Å². The zero-order valence-electron chi connectivity index (χ0n) is 14.6. The molecule has 0 spiro atoms. The van der Waals surface area contributed by atoms with Crippen molar-refractivity contribution in [3.63, 3.8) is 0 Å². The maximum atomic E-state index is 13.3. The van der Waals surface area contributed by atoms with Crippen molar-refractivity contribution in [3.8, 4) is 0 Å². The number of alkyl halides is 1. The van der Waals surface area contributed by atoms with E-state index in [0.29, 0.717) is 31.5 Å². The van der Waals surface area contributed by atoms with E-state index >= 15 is 0 Å². The van der Waals surface area contributed by atoms with Crippen LogP contribution in [-0.4, -0.2) is 51.3 Å². The summed E-state index contributed by atoms with van der Waals surface area (Å²) in [5.41, 5.74) is 3.32. The zero-order valence-corrected chi connectivity index (χ0v) is 14.6. The molecule has 5 nitrogen and oxygen atoms in total. The predicted octanol–water partition coefficient (Wildman–Crippen LogP) is 3.16. The van der Waals surface area contributed by atoms with Crippen LogP contribution in [0.15, 0.2) is 42.3 Å². The van der Waals surface area contributed by atoms with Crippen LogP contribution >= 0.6 is 0 Å². The molecule has 1 N–H and O–H groups in total. The Labute approximate surface area is 151 Å². The summed E-state index contributed by atoms with van der Waals surface area (Å²) in [6.07, 6.45) is 9.44. The summed E-state index contributed by atoms with van der Waals surface area (Å²) in [5, 5.41) is 10.3. The highest BCUT2D eigenvalue weighted by Crippen LogP contribution is 2.25. The van der Waals surface area contributed by atoms with Crippen molar-refractivity contribution in [2.24, 2.45) is 0 Å². The number of piperidine rings is 1. The Morgan fingerprint density at radius 2 is 2.15 bits per heavy atom. The number of nitrogens with zero attached hydrogens (tertiary/aromatic N) is 3. The molecule has 2 aromatic heterocycles. The van der Waals surface area contributed by atoms with Crippen LogP contribution in [0.5, 0.6) is 0 Å². The minimum atomic E-state index is -0.797. The Morgan fingerprint density at radius 3 is 2.92 bits per heavy atom. The molecule has 26 heavy (non-hydrogen) atoms. The summed E-state index contributed by atoms with van der Waals surface area (Å²) in [7, 11) is 0. The average molecular weight is 355 g/mol. The van der Waals surface area contributed by atoms with Crippen LogP contribution in [0.1, 0.15) is 36.0 Å². The van der Waals surface area contributed by atoms with Gasteiger partial charge in [-0.3, -0.25) is 4.79 Å². The van der Waals surface area contributed by atoms with Crippen molar-refractivity contribution >= 4 is 22.6 Å². The highest BCUT2D eigenvalue weighted by atomic mass is 19.1. The van der Waals surface area contributed by atoms with Gasteiger partial charge in [0, 0.05) is 36.6 Å². The van der Waals surface area contributed by atoms with Crippen LogP contribution in [0, 0.1) is 0 Å². The first-order valence-corrected chi connectivity index (χ1v) is 9.07. The molecule has 0 aromatic carbocycles. The molecule has 1 saturated heterocycles. The fraction of sp³-hybridized carbons (Fsp3) is 0.400. The standard InChI is InChI=1S/C20H22FN3O2/c21-17-5-7-23(8-6-17)20(26)16-11-15-4-9-24(19(15)22-12-16)18-3-1-2-14(10-18)13-25/h3-4,9-12,17,25H,1-2,5-8,13H2. The van der Waals surface area contributed by atoms with Gasteiger partial charge in [-0.15, -0.1) is 0 Å². The molecule has 0 bridgehead atoms. The predicted molar refractivity (Wildman–Crippen MR) is 98.4 cm³/mol. The van der Waals surface area contributed by atoms with Gasteiger partial charge in [-0.1, -0.05) is 6.08 Å². The third-order valence-electron chi connectivity index (χ3n) is 5.14. The number of halogens is 1. The second kappa shape index (κ2) is 7.03. The molecule has 0 radical (unpaired) electrons. The topological polar surface area (TPSA) is 58.4 Å². The SMILES string of the molecule is O=C(c1cnc2c(ccn2C2=CCCC(CO)=C2)c1)N1CCC(F)CC1.